The zero-order valence-corrected chi connectivity index (χ0v) is 10.8. The molecule has 19 heavy (non-hydrogen) atoms. The van der Waals surface area contributed by atoms with Gasteiger partial charge in [0.2, 0.25) is 0 Å². The Bertz CT molecular complexity index is 560. The smallest absolute Gasteiger partial charge is 0.309 e. The van der Waals surface area contributed by atoms with E-state index in [2.05, 4.69) is 22.1 Å². The standard InChI is InChI=1S/C15H16N2O2/c1-2-19-15(18)13-7-12(13)10-3-5-11(6-4-10)14-8-16-9-17-14/h3-6,8-9,12-13H,2,7H2,1H3,(H,16,17)/t12-,13+/m1/s1. The lowest BCUT2D eigenvalue weighted by Crippen LogP contribution is -2.07. The number of H-pyrrole nitrogens is 1. The van der Waals surface area contributed by atoms with Crippen molar-refractivity contribution in [3.63, 3.8) is 0 Å². The highest BCUT2D eigenvalue weighted by Crippen LogP contribution is 2.48. The maximum absolute atomic E-state index is 11.6. The van der Waals surface area contributed by atoms with Crippen molar-refractivity contribution in [1.29, 1.82) is 0 Å². The molecule has 0 aliphatic heterocycles. The minimum atomic E-state index is -0.0659. The zero-order chi connectivity index (χ0) is 13.2. The van der Waals surface area contributed by atoms with Gasteiger partial charge in [0.25, 0.3) is 0 Å². The molecule has 1 aliphatic rings. The number of hydrogen-bond acceptors (Lipinski definition) is 3. The molecule has 0 unspecified atom stereocenters. The van der Waals surface area contributed by atoms with Crippen molar-refractivity contribution in [3.05, 3.63) is 42.4 Å². The molecule has 1 aromatic carbocycles. The van der Waals surface area contributed by atoms with E-state index in [1.807, 2.05) is 25.3 Å². The van der Waals surface area contributed by atoms with Crippen LogP contribution in [-0.4, -0.2) is 22.5 Å². The predicted octanol–water partition coefficient (Wildman–Crippen LogP) is 2.74. The number of carbonyl (C=O) groups excluding carboxylic acids is 1. The Kier molecular flexibility index (Phi) is 3.07. The highest BCUT2D eigenvalue weighted by Gasteiger charge is 2.44. The van der Waals surface area contributed by atoms with Crippen molar-refractivity contribution in [1.82, 2.24) is 9.97 Å². The van der Waals surface area contributed by atoms with Gasteiger partial charge in [-0.2, -0.15) is 0 Å². The molecule has 98 valence electrons. The van der Waals surface area contributed by atoms with Crippen LogP contribution in [0.15, 0.2) is 36.8 Å². The Balaban J connectivity index is 1.70. The molecule has 1 N–H and O–H groups in total. The molecule has 2 atom stereocenters. The van der Waals surface area contributed by atoms with E-state index in [9.17, 15) is 4.79 Å². The number of ether oxygens (including phenoxy) is 1. The van der Waals surface area contributed by atoms with Crippen molar-refractivity contribution in [3.8, 4) is 11.3 Å². The van der Waals surface area contributed by atoms with E-state index in [4.69, 9.17) is 4.74 Å². The SMILES string of the molecule is CCOC(=O)[C@H]1C[C@@H]1c1ccc(-c2c[nH]cn2)cc1. The highest BCUT2D eigenvalue weighted by molar-refractivity contribution is 5.77. The van der Waals surface area contributed by atoms with Crippen molar-refractivity contribution < 1.29 is 9.53 Å². The molecule has 0 spiro atoms. The number of aromatic nitrogens is 2. The molecule has 2 aromatic rings. The molecule has 1 heterocycles. The van der Waals surface area contributed by atoms with Gasteiger partial charge >= 0.3 is 5.97 Å². The Labute approximate surface area is 111 Å². The van der Waals surface area contributed by atoms with Gasteiger partial charge in [0, 0.05) is 11.8 Å². The normalized spacial score (nSPS) is 21.1. The molecule has 0 amide bonds. The lowest BCUT2D eigenvalue weighted by atomic mass is 10.1. The van der Waals surface area contributed by atoms with Crippen LogP contribution >= 0.6 is 0 Å². The molecule has 1 aliphatic carbocycles. The summed E-state index contributed by atoms with van der Waals surface area (Å²) in [6.07, 6.45) is 4.44. The monoisotopic (exact) mass is 256 g/mol. The lowest BCUT2D eigenvalue weighted by Gasteiger charge is -2.03. The first-order valence-corrected chi connectivity index (χ1v) is 6.55. The van der Waals surface area contributed by atoms with Gasteiger partial charge in [-0.3, -0.25) is 4.79 Å². The molecule has 0 saturated heterocycles. The van der Waals surface area contributed by atoms with Crippen LogP contribution in [-0.2, 0) is 9.53 Å². The van der Waals surface area contributed by atoms with Gasteiger partial charge in [0.05, 0.1) is 24.5 Å². The average Bonchev–Trinajstić information content (AvgIpc) is 3.05. The van der Waals surface area contributed by atoms with Crippen LogP contribution in [0.2, 0.25) is 0 Å². The Morgan fingerprint density at radius 2 is 2.21 bits per heavy atom. The minimum absolute atomic E-state index is 0.0520. The summed E-state index contributed by atoms with van der Waals surface area (Å²) in [4.78, 5) is 18.8. The molecule has 4 heteroatoms. The number of benzene rings is 1. The largest absolute Gasteiger partial charge is 0.466 e. The Morgan fingerprint density at radius 3 is 2.84 bits per heavy atom. The summed E-state index contributed by atoms with van der Waals surface area (Å²) in [7, 11) is 0. The predicted molar refractivity (Wildman–Crippen MR) is 71.5 cm³/mol. The number of aromatic amines is 1. The summed E-state index contributed by atoms with van der Waals surface area (Å²) >= 11 is 0. The summed E-state index contributed by atoms with van der Waals surface area (Å²) in [5, 5.41) is 0. The first kappa shape index (κ1) is 12.0. The van der Waals surface area contributed by atoms with E-state index in [1.54, 1.807) is 6.33 Å². The van der Waals surface area contributed by atoms with Crippen LogP contribution in [0.1, 0.15) is 24.8 Å². The topological polar surface area (TPSA) is 55.0 Å². The fourth-order valence-electron chi connectivity index (χ4n) is 2.39. The number of hydrogen-bond donors (Lipinski definition) is 1. The maximum atomic E-state index is 11.6. The van der Waals surface area contributed by atoms with Gasteiger partial charge in [-0.25, -0.2) is 4.98 Å². The molecule has 3 rings (SSSR count). The molecule has 1 fully saturated rings. The van der Waals surface area contributed by atoms with E-state index in [-0.39, 0.29) is 11.9 Å². The van der Waals surface area contributed by atoms with E-state index in [0.717, 1.165) is 17.7 Å². The third-order valence-electron chi connectivity index (χ3n) is 3.51. The fraction of sp³-hybridized carbons (Fsp3) is 0.333. The minimum Gasteiger partial charge on any atom is -0.466 e. The van der Waals surface area contributed by atoms with Gasteiger partial charge in [-0.05, 0) is 24.8 Å². The van der Waals surface area contributed by atoms with E-state index >= 15 is 0 Å². The van der Waals surface area contributed by atoms with Gasteiger partial charge in [0.1, 0.15) is 0 Å². The Morgan fingerprint density at radius 1 is 1.42 bits per heavy atom. The second kappa shape index (κ2) is 4.88. The molecule has 1 aromatic heterocycles. The lowest BCUT2D eigenvalue weighted by molar-refractivity contribution is -0.144. The fourth-order valence-corrected chi connectivity index (χ4v) is 2.39. The van der Waals surface area contributed by atoms with Crippen molar-refractivity contribution in [2.75, 3.05) is 6.61 Å². The molecule has 1 saturated carbocycles. The maximum Gasteiger partial charge on any atom is 0.309 e. The number of nitrogens with zero attached hydrogens (tertiary/aromatic N) is 1. The van der Waals surface area contributed by atoms with E-state index in [0.29, 0.717) is 12.5 Å². The number of imidazole rings is 1. The van der Waals surface area contributed by atoms with Gasteiger partial charge < -0.3 is 9.72 Å². The second-order valence-corrected chi connectivity index (χ2v) is 4.78. The second-order valence-electron chi connectivity index (χ2n) is 4.78. The van der Waals surface area contributed by atoms with Crippen LogP contribution in [0, 0.1) is 5.92 Å². The summed E-state index contributed by atoms with van der Waals surface area (Å²) in [5.41, 5.74) is 3.22. The first-order valence-electron chi connectivity index (χ1n) is 6.55. The van der Waals surface area contributed by atoms with Crippen LogP contribution in [0.3, 0.4) is 0 Å². The van der Waals surface area contributed by atoms with Gasteiger partial charge in [-0.1, -0.05) is 24.3 Å². The quantitative estimate of drug-likeness (QED) is 0.856. The van der Waals surface area contributed by atoms with Crippen molar-refractivity contribution >= 4 is 5.97 Å². The molecule has 4 nitrogen and oxygen atoms in total. The summed E-state index contributed by atoms with van der Waals surface area (Å²) in [6, 6.07) is 8.25. The average molecular weight is 256 g/mol. The highest BCUT2D eigenvalue weighted by atomic mass is 16.5. The number of carbonyl (C=O) groups is 1. The van der Waals surface area contributed by atoms with E-state index in [1.165, 1.54) is 5.56 Å². The van der Waals surface area contributed by atoms with E-state index < -0.39 is 0 Å². The van der Waals surface area contributed by atoms with Gasteiger partial charge in [-0.15, -0.1) is 0 Å². The number of rotatable bonds is 4. The van der Waals surface area contributed by atoms with Gasteiger partial charge in [0.15, 0.2) is 0 Å². The number of nitrogens with one attached hydrogen (secondary N) is 1. The van der Waals surface area contributed by atoms with Crippen molar-refractivity contribution in [2.45, 2.75) is 19.3 Å². The van der Waals surface area contributed by atoms with Crippen LogP contribution in [0.4, 0.5) is 0 Å². The third-order valence-corrected chi connectivity index (χ3v) is 3.51. The third kappa shape index (κ3) is 2.38. The molecular weight excluding hydrogens is 240 g/mol. The summed E-state index contributed by atoms with van der Waals surface area (Å²) < 4.78 is 5.05. The Hall–Kier alpha value is -2.10. The summed E-state index contributed by atoms with van der Waals surface area (Å²) in [5.74, 6) is 0.312. The number of esters is 1. The zero-order valence-electron chi connectivity index (χ0n) is 10.8. The molecule has 0 bridgehead atoms. The van der Waals surface area contributed by atoms with Crippen LogP contribution < -0.4 is 0 Å². The summed E-state index contributed by atoms with van der Waals surface area (Å²) in [6.45, 7) is 2.30. The van der Waals surface area contributed by atoms with Crippen LogP contribution in [0.25, 0.3) is 11.3 Å². The van der Waals surface area contributed by atoms with Crippen LogP contribution in [0.5, 0.6) is 0 Å². The molecular formula is C15H16N2O2. The van der Waals surface area contributed by atoms with Crippen molar-refractivity contribution in [2.24, 2.45) is 5.92 Å². The first-order chi connectivity index (χ1) is 9.29. The molecule has 0 radical (unpaired) electrons.